The third-order valence-corrected chi connectivity index (χ3v) is 5.07. The van der Waals surface area contributed by atoms with Crippen molar-refractivity contribution in [1.29, 1.82) is 0 Å². The van der Waals surface area contributed by atoms with Gasteiger partial charge in [0, 0.05) is 11.8 Å². The molecule has 1 amide bonds. The van der Waals surface area contributed by atoms with E-state index in [-0.39, 0.29) is 16.8 Å². The average molecular weight is 335 g/mol. The number of hydrogen-bond donors (Lipinski definition) is 1. The SMILES string of the molecule is Cc1oc(C)c(C(=O)N[C@@H](C)c2ccc(S(C)(=O)=O)cc2)c1C. The molecule has 1 atom stereocenters. The highest BCUT2D eigenvalue weighted by molar-refractivity contribution is 7.90. The fourth-order valence-electron chi connectivity index (χ4n) is 2.48. The van der Waals surface area contributed by atoms with E-state index < -0.39 is 9.84 Å². The smallest absolute Gasteiger partial charge is 0.255 e. The standard InChI is InChI=1S/C17H21NO4S/c1-10-12(3)22-13(4)16(10)17(19)18-11(2)14-6-8-15(9-7-14)23(5,20)21/h6-9,11H,1-5H3,(H,18,19)/t11-/m0/s1. The third-order valence-electron chi connectivity index (χ3n) is 3.94. The van der Waals surface area contributed by atoms with E-state index in [4.69, 9.17) is 4.42 Å². The highest BCUT2D eigenvalue weighted by Gasteiger charge is 2.20. The van der Waals surface area contributed by atoms with Crippen LogP contribution in [0, 0.1) is 20.8 Å². The van der Waals surface area contributed by atoms with Crippen molar-refractivity contribution < 1.29 is 17.6 Å². The zero-order valence-electron chi connectivity index (χ0n) is 13.9. The lowest BCUT2D eigenvalue weighted by Gasteiger charge is -2.15. The summed E-state index contributed by atoms with van der Waals surface area (Å²) in [6, 6.07) is 6.27. The van der Waals surface area contributed by atoms with Crippen LogP contribution in [0.2, 0.25) is 0 Å². The maximum atomic E-state index is 12.4. The Morgan fingerprint density at radius 2 is 1.65 bits per heavy atom. The molecule has 1 N–H and O–H groups in total. The Bertz CT molecular complexity index is 832. The molecule has 23 heavy (non-hydrogen) atoms. The van der Waals surface area contributed by atoms with Gasteiger partial charge in [-0.2, -0.15) is 0 Å². The number of hydrogen-bond acceptors (Lipinski definition) is 4. The van der Waals surface area contributed by atoms with Crippen LogP contribution in [0.25, 0.3) is 0 Å². The highest BCUT2D eigenvalue weighted by atomic mass is 32.2. The summed E-state index contributed by atoms with van der Waals surface area (Å²) in [4.78, 5) is 12.7. The van der Waals surface area contributed by atoms with Gasteiger partial charge in [0.2, 0.25) is 0 Å². The van der Waals surface area contributed by atoms with Crippen molar-refractivity contribution in [2.24, 2.45) is 0 Å². The zero-order chi connectivity index (χ0) is 17.4. The van der Waals surface area contributed by atoms with Crippen LogP contribution in [0.4, 0.5) is 0 Å². The largest absolute Gasteiger partial charge is 0.466 e. The number of carbonyl (C=O) groups excluding carboxylic acids is 1. The second-order valence-electron chi connectivity index (χ2n) is 5.75. The molecular weight excluding hydrogens is 314 g/mol. The molecule has 0 saturated heterocycles. The Balaban J connectivity index is 2.18. The van der Waals surface area contributed by atoms with Gasteiger partial charge in [-0.1, -0.05) is 12.1 Å². The maximum Gasteiger partial charge on any atom is 0.255 e. The van der Waals surface area contributed by atoms with E-state index in [1.54, 1.807) is 31.2 Å². The zero-order valence-corrected chi connectivity index (χ0v) is 14.7. The molecule has 0 aliphatic carbocycles. The fourth-order valence-corrected chi connectivity index (χ4v) is 3.11. The van der Waals surface area contributed by atoms with Crippen LogP contribution in [0.1, 0.15) is 46.0 Å². The lowest BCUT2D eigenvalue weighted by atomic mass is 10.1. The minimum Gasteiger partial charge on any atom is -0.466 e. The number of nitrogens with one attached hydrogen (secondary N) is 1. The van der Waals surface area contributed by atoms with E-state index in [2.05, 4.69) is 5.32 Å². The summed E-state index contributed by atoms with van der Waals surface area (Å²) in [5.41, 5.74) is 2.23. The molecule has 5 nitrogen and oxygen atoms in total. The molecule has 1 aromatic carbocycles. The van der Waals surface area contributed by atoms with Crippen molar-refractivity contribution in [3.63, 3.8) is 0 Å². The lowest BCUT2D eigenvalue weighted by Crippen LogP contribution is -2.27. The first-order valence-electron chi connectivity index (χ1n) is 7.28. The first-order chi connectivity index (χ1) is 10.6. The van der Waals surface area contributed by atoms with Crippen LogP contribution in [0.5, 0.6) is 0 Å². The number of furan rings is 1. The number of carbonyl (C=O) groups is 1. The van der Waals surface area contributed by atoms with Gasteiger partial charge in [0.05, 0.1) is 16.5 Å². The van der Waals surface area contributed by atoms with Gasteiger partial charge in [0.15, 0.2) is 9.84 Å². The number of amides is 1. The van der Waals surface area contributed by atoms with Crippen LogP contribution in [-0.2, 0) is 9.84 Å². The van der Waals surface area contributed by atoms with Crippen molar-refractivity contribution in [1.82, 2.24) is 5.32 Å². The van der Waals surface area contributed by atoms with Crippen molar-refractivity contribution in [3.8, 4) is 0 Å². The summed E-state index contributed by atoms with van der Waals surface area (Å²) in [5.74, 6) is 1.13. The van der Waals surface area contributed by atoms with Gasteiger partial charge < -0.3 is 9.73 Å². The predicted octanol–water partition coefficient (Wildman–Crippen LogP) is 3.10. The summed E-state index contributed by atoms with van der Waals surface area (Å²) < 4.78 is 28.4. The lowest BCUT2D eigenvalue weighted by molar-refractivity contribution is 0.0938. The molecular formula is C17H21NO4S. The molecule has 0 spiro atoms. The van der Waals surface area contributed by atoms with Gasteiger partial charge >= 0.3 is 0 Å². The molecule has 2 aromatic rings. The molecule has 1 heterocycles. The van der Waals surface area contributed by atoms with E-state index in [0.29, 0.717) is 11.3 Å². The van der Waals surface area contributed by atoms with E-state index in [9.17, 15) is 13.2 Å². The Labute approximate surface area is 136 Å². The molecule has 6 heteroatoms. The molecule has 124 valence electrons. The molecule has 0 bridgehead atoms. The topological polar surface area (TPSA) is 76.4 Å². The molecule has 0 aliphatic rings. The molecule has 0 fully saturated rings. The van der Waals surface area contributed by atoms with Crippen LogP contribution < -0.4 is 5.32 Å². The summed E-state index contributed by atoms with van der Waals surface area (Å²) in [6.07, 6.45) is 1.17. The highest BCUT2D eigenvalue weighted by Crippen LogP contribution is 2.22. The summed E-state index contributed by atoms with van der Waals surface area (Å²) in [7, 11) is -3.22. The van der Waals surface area contributed by atoms with Crippen molar-refractivity contribution in [2.75, 3.05) is 6.26 Å². The van der Waals surface area contributed by atoms with E-state index in [1.165, 1.54) is 6.26 Å². The summed E-state index contributed by atoms with van der Waals surface area (Å²) in [6.45, 7) is 7.30. The molecule has 2 rings (SSSR count). The van der Waals surface area contributed by atoms with Crippen LogP contribution in [0.3, 0.4) is 0 Å². The van der Waals surface area contributed by atoms with Gasteiger partial charge in [-0.3, -0.25) is 4.79 Å². The van der Waals surface area contributed by atoms with E-state index in [1.807, 2.05) is 20.8 Å². The van der Waals surface area contributed by atoms with Gasteiger partial charge in [-0.05, 0) is 45.4 Å². The molecule has 0 saturated carbocycles. The predicted molar refractivity (Wildman–Crippen MR) is 88.4 cm³/mol. The summed E-state index contributed by atoms with van der Waals surface area (Å²) in [5, 5.41) is 2.92. The van der Waals surface area contributed by atoms with Crippen LogP contribution >= 0.6 is 0 Å². The van der Waals surface area contributed by atoms with Crippen molar-refractivity contribution >= 4 is 15.7 Å². The maximum absolute atomic E-state index is 12.4. The summed E-state index contributed by atoms with van der Waals surface area (Å²) >= 11 is 0. The minimum absolute atomic E-state index is 0.198. The molecule has 1 aromatic heterocycles. The normalized spacial score (nSPS) is 12.9. The molecule has 0 aliphatic heterocycles. The molecule has 0 radical (unpaired) electrons. The second kappa shape index (κ2) is 6.20. The Morgan fingerprint density at radius 3 is 2.09 bits per heavy atom. The van der Waals surface area contributed by atoms with Gasteiger partial charge in [-0.15, -0.1) is 0 Å². The van der Waals surface area contributed by atoms with Gasteiger partial charge in [0.25, 0.3) is 5.91 Å². The number of aryl methyl sites for hydroxylation is 2. The number of benzene rings is 1. The monoisotopic (exact) mass is 335 g/mol. The number of sulfone groups is 1. The first kappa shape index (κ1) is 17.3. The number of rotatable bonds is 4. The van der Waals surface area contributed by atoms with Crippen LogP contribution in [0.15, 0.2) is 33.6 Å². The van der Waals surface area contributed by atoms with Gasteiger partial charge in [-0.25, -0.2) is 8.42 Å². The van der Waals surface area contributed by atoms with Crippen LogP contribution in [-0.4, -0.2) is 20.6 Å². The van der Waals surface area contributed by atoms with Crippen molar-refractivity contribution in [3.05, 3.63) is 52.5 Å². The quantitative estimate of drug-likeness (QED) is 0.931. The average Bonchev–Trinajstić information content (AvgIpc) is 2.71. The Morgan fingerprint density at radius 1 is 1.09 bits per heavy atom. The second-order valence-corrected chi connectivity index (χ2v) is 7.77. The third kappa shape index (κ3) is 3.64. The first-order valence-corrected chi connectivity index (χ1v) is 9.18. The molecule has 0 unspecified atom stereocenters. The fraction of sp³-hybridized carbons (Fsp3) is 0.353. The van der Waals surface area contributed by atoms with E-state index >= 15 is 0 Å². The minimum atomic E-state index is -3.22. The van der Waals surface area contributed by atoms with Gasteiger partial charge in [0.1, 0.15) is 11.5 Å². The Kier molecular flexibility index (Phi) is 4.66. The Hall–Kier alpha value is -2.08. The van der Waals surface area contributed by atoms with Crippen molar-refractivity contribution in [2.45, 2.75) is 38.6 Å². The van der Waals surface area contributed by atoms with E-state index in [0.717, 1.165) is 16.9 Å².